The summed E-state index contributed by atoms with van der Waals surface area (Å²) in [6, 6.07) is 6.23. The molecule has 1 N–H and O–H groups in total. The van der Waals surface area contributed by atoms with Crippen molar-refractivity contribution in [1.82, 2.24) is 25.0 Å². The maximum absolute atomic E-state index is 12.3. The van der Waals surface area contributed by atoms with Crippen LogP contribution in [0.3, 0.4) is 0 Å². The molecule has 2 aromatic rings. The Balaban J connectivity index is 1.12. The van der Waals surface area contributed by atoms with E-state index in [1.807, 2.05) is 6.07 Å². The third-order valence-corrected chi connectivity index (χ3v) is 6.51. The van der Waals surface area contributed by atoms with Crippen molar-refractivity contribution in [2.24, 2.45) is 11.8 Å². The molecule has 0 unspecified atom stereocenters. The molecule has 0 radical (unpaired) electrons. The SMILES string of the molecule is C[C@H](Cc1ccc2c(c1)OCO2)CN1CCc2nnc(CNC(=O)[C@H]3CCOC3)n2CC1. The van der Waals surface area contributed by atoms with Gasteiger partial charge in [-0.2, -0.15) is 0 Å². The highest BCUT2D eigenvalue weighted by molar-refractivity contribution is 5.78. The summed E-state index contributed by atoms with van der Waals surface area (Å²) in [5, 5.41) is 11.7. The Bertz CT molecular complexity index is 956. The second-order valence-corrected chi connectivity index (χ2v) is 9.01. The number of fused-ring (bicyclic) bond motifs is 2. The van der Waals surface area contributed by atoms with E-state index in [0.717, 1.165) is 68.6 Å². The van der Waals surface area contributed by atoms with Gasteiger partial charge in [0, 0.05) is 39.2 Å². The van der Waals surface area contributed by atoms with E-state index in [0.29, 0.717) is 32.5 Å². The zero-order valence-corrected chi connectivity index (χ0v) is 18.6. The fourth-order valence-corrected chi connectivity index (χ4v) is 4.77. The van der Waals surface area contributed by atoms with Crippen LogP contribution in [-0.2, 0) is 35.5 Å². The minimum Gasteiger partial charge on any atom is -0.454 e. The topological polar surface area (TPSA) is 90.7 Å². The van der Waals surface area contributed by atoms with Crippen LogP contribution >= 0.6 is 0 Å². The Morgan fingerprint density at radius 2 is 2.12 bits per heavy atom. The van der Waals surface area contributed by atoms with Crippen molar-refractivity contribution in [2.45, 2.75) is 39.3 Å². The Labute approximate surface area is 188 Å². The molecule has 2 atom stereocenters. The molecule has 1 aromatic heterocycles. The molecule has 1 saturated heterocycles. The molecule has 5 rings (SSSR count). The maximum Gasteiger partial charge on any atom is 0.231 e. The lowest BCUT2D eigenvalue weighted by atomic mass is 10.00. The van der Waals surface area contributed by atoms with Crippen molar-refractivity contribution in [3.05, 3.63) is 35.4 Å². The summed E-state index contributed by atoms with van der Waals surface area (Å²) in [7, 11) is 0. The predicted octanol–water partition coefficient (Wildman–Crippen LogP) is 1.40. The van der Waals surface area contributed by atoms with Crippen LogP contribution in [0, 0.1) is 11.8 Å². The quantitative estimate of drug-likeness (QED) is 0.694. The largest absolute Gasteiger partial charge is 0.454 e. The molecule has 1 aromatic carbocycles. The minimum absolute atomic E-state index is 0.0386. The number of hydrogen-bond acceptors (Lipinski definition) is 7. The number of benzene rings is 1. The highest BCUT2D eigenvalue weighted by Crippen LogP contribution is 2.33. The summed E-state index contributed by atoms with van der Waals surface area (Å²) < 4.78 is 18.4. The van der Waals surface area contributed by atoms with Crippen LogP contribution in [0.1, 0.15) is 30.6 Å². The fraction of sp³-hybridized carbons (Fsp3) is 0.609. The van der Waals surface area contributed by atoms with E-state index in [4.69, 9.17) is 14.2 Å². The van der Waals surface area contributed by atoms with Gasteiger partial charge in [-0.3, -0.25) is 4.79 Å². The molecule has 0 bridgehead atoms. The van der Waals surface area contributed by atoms with E-state index < -0.39 is 0 Å². The molecule has 32 heavy (non-hydrogen) atoms. The number of amides is 1. The normalized spacial score (nSPS) is 21.2. The minimum atomic E-state index is -0.0386. The summed E-state index contributed by atoms with van der Waals surface area (Å²) in [6.07, 6.45) is 2.67. The van der Waals surface area contributed by atoms with Gasteiger partial charge in [0.2, 0.25) is 12.7 Å². The number of carbonyl (C=O) groups excluding carboxylic acids is 1. The molecule has 172 valence electrons. The first kappa shape index (κ1) is 21.2. The van der Waals surface area contributed by atoms with Crippen molar-refractivity contribution < 1.29 is 19.0 Å². The summed E-state index contributed by atoms with van der Waals surface area (Å²) in [4.78, 5) is 14.8. The molecule has 0 spiro atoms. The average Bonchev–Trinajstić information content (AvgIpc) is 3.53. The molecular formula is C23H31N5O4. The van der Waals surface area contributed by atoms with Crippen LogP contribution in [0.4, 0.5) is 0 Å². The molecular weight excluding hydrogens is 410 g/mol. The summed E-state index contributed by atoms with van der Waals surface area (Å²) in [5.74, 6) is 4.05. The fourth-order valence-electron chi connectivity index (χ4n) is 4.77. The second kappa shape index (κ2) is 9.46. The number of carbonyl (C=O) groups is 1. The van der Waals surface area contributed by atoms with Crippen LogP contribution in [-0.4, -0.2) is 65.2 Å². The lowest BCUT2D eigenvalue weighted by molar-refractivity contribution is -0.125. The third kappa shape index (κ3) is 4.73. The van der Waals surface area contributed by atoms with Crippen LogP contribution in [0.5, 0.6) is 11.5 Å². The number of aromatic nitrogens is 3. The van der Waals surface area contributed by atoms with Crippen LogP contribution < -0.4 is 14.8 Å². The number of ether oxygens (including phenoxy) is 3. The molecule has 0 saturated carbocycles. The van der Waals surface area contributed by atoms with Crippen molar-refractivity contribution in [2.75, 3.05) is 39.6 Å². The lowest BCUT2D eigenvalue weighted by Crippen LogP contribution is -2.33. The Morgan fingerprint density at radius 3 is 3.00 bits per heavy atom. The number of nitrogens with zero attached hydrogens (tertiary/aromatic N) is 4. The van der Waals surface area contributed by atoms with Crippen LogP contribution in [0.25, 0.3) is 0 Å². The molecule has 3 aliphatic heterocycles. The third-order valence-electron chi connectivity index (χ3n) is 6.51. The molecule has 0 aliphatic carbocycles. The van der Waals surface area contributed by atoms with Crippen molar-refractivity contribution in [1.29, 1.82) is 0 Å². The van der Waals surface area contributed by atoms with Gasteiger partial charge in [0.15, 0.2) is 17.3 Å². The summed E-state index contributed by atoms with van der Waals surface area (Å²) in [5.41, 5.74) is 1.28. The van der Waals surface area contributed by atoms with Crippen LogP contribution in [0.2, 0.25) is 0 Å². The van der Waals surface area contributed by atoms with Crippen molar-refractivity contribution in [3.8, 4) is 11.5 Å². The van der Waals surface area contributed by atoms with E-state index >= 15 is 0 Å². The number of rotatable bonds is 7. The van der Waals surface area contributed by atoms with E-state index in [1.165, 1.54) is 5.56 Å². The Morgan fingerprint density at radius 1 is 1.22 bits per heavy atom. The van der Waals surface area contributed by atoms with Gasteiger partial charge in [-0.15, -0.1) is 10.2 Å². The monoisotopic (exact) mass is 441 g/mol. The molecule has 4 heterocycles. The van der Waals surface area contributed by atoms with Gasteiger partial charge in [-0.05, 0) is 36.5 Å². The molecule has 3 aliphatic rings. The van der Waals surface area contributed by atoms with Crippen molar-refractivity contribution in [3.63, 3.8) is 0 Å². The van der Waals surface area contributed by atoms with E-state index in [2.05, 4.69) is 44.0 Å². The first-order chi connectivity index (χ1) is 15.7. The van der Waals surface area contributed by atoms with Crippen molar-refractivity contribution >= 4 is 5.91 Å². The second-order valence-electron chi connectivity index (χ2n) is 9.01. The van der Waals surface area contributed by atoms with E-state index in [1.54, 1.807) is 0 Å². The maximum atomic E-state index is 12.3. The highest BCUT2D eigenvalue weighted by atomic mass is 16.7. The summed E-state index contributed by atoms with van der Waals surface area (Å²) >= 11 is 0. The van der Waals surface area contributed by atoms with Gasteiger partial charge in [0.05, 0.1) is 19.1 Å². The molecule has 9 nitrogen and oxygen atoms in total. The zero-order chi connectivity index (χ0) is 21.9. The number of hydrogen-bond donors (Lipinski definition) is 1. The first-order valence-electron chi connectivity index (χ1n) is 11.5. The van der Waals surface area contributed by atoms with Crippen LogP contribution in [0.15, 0.2) is 18.2 Å². The lowest BCUT2D eigenvalue weighted by Gasteiger charge is -2.24. The van der Waals surface area contributed by atoms with E-state index in [9.17, 15) is 4.79 Å². The molecule has 1 amide bonds. The van der Waals surface area contributed by atoms with Gasteiger partial charge in [0.1, 0.15) is 5.82 Å². The molecule has 9 heteroatoms. The molecule has 1 fully saturated rings. The summed E-state index contributed by atoms with van der Waals surface area (Å²) in [6.45, 7) is 8.00. The van der Waals surface area contributed by atoms with E-state index in [-0.39, 0.29) is 11.8 Å². The highest BCUT2D eigenvalue weighted by Gasteiger charge is 2.25. The predicted molar refractivity (Wildman–Crippen MR) is 116 cm³/mol. The van der Waals surface area contributed by atoms with Gasteiger partial charge >= 0.3 is 0 Å². The average molecular weight is 442 g/mol. The Kier molecular flexibility index (Phi) is 6.27. The van der Waals surface area contributed by atoms with Gasteiger partial charge in [-0.1, -0.05) is 13.0 Å². The van der Waals surface area contributed by atoms with Gasteiger partial charge in [0.25, 0.3) is 0 Å². The number of nitrogens with one attached hydrogen (secondary N) is 1. The van der Waals surface area contributed by atoms with Gasteiger partial charge in [-0.25, -0.2) is 0 Å². The Hall–Kier alpha value is -2.65. The van der Waals surface area contributed by atoms with Gasteiger partial charge < -0.3 is 29.0 Å². The zero-order valence-electron chi connectivity index (χ0n) is 18.6. The standard InChI is InChI=1S/C23H31N5O4/c1-16(10-17-2-3-19-20(11-17)32-15-31-19)13-27-6-4-21-25-26-22(28(21)8-7-27)12-24-23(29)18-5-9-30-14-18/h2-3,11,16,18H,4-10,12-15H2,1H3,(H,24,29)/t16-,18+/m1/s1. The first-order valence-corrected chi connectivity index (χ1v) is 11.5. The smallest absolute Gasteiger partial charge is 0.231 e.